The number of hydrogen-bond donors (Lipinski definition) is 1. The second-order valence-electron chi connectivity index (χ2n) is 4.17. The first kappa shape index (κ1) is 10.6. The predicted molar refractivity (Wildman–Crippen MR) is 53.6 cm³/mol. The van der Waals surface area contributed by atoms with Crippen LogP contribution in [0.1, 0.15) is 26.6 Å². The third-order valence-electron chi connectivity index (χ3n) is 1.87. The molecule has 0 radical (unpaired) electrons. The lowest BCUT2D eigenvalue weighted by atomic mass is 9.95. The Morgan fingerprint density at radius 1 is 1.50 bits per heavy atom. The standard InChI is InChI=1S/C8H16N6/c1-8(2,3)7(9)10-5-6-11-12-13-14(6)4/h5H2,1-4H3,(H2,9,10). The molecule has 6 heteroatoms. The molecule has 0 aliphatic carbocycles. The van der Waals surface area contributed by atoms with Gasteiger partial charge in [-0.3, -0.25) is 4.99 Å². The van der Waals surface area contributed by atoms with E-state index in [9.17, 15) is 0 Å². The van der Waals surface area contributed by atoms with Crippen molar-refractivity contribution in [3.63, 3.8) is 0 Å². The molecule has 0 saturated heterocycles. The van der Waals surface area contributed by atoms with E-state index in [2.05, 4.69) is 20.5 Å². The van der Waals surface area contributed by atoms with E-state index in [1.54, 1.807) is 11.7 Å². The van der Waals surface area contributed by atoms with Crippen LogP contribution in [0.15, 0.2) is 4.99 Å². The Morgan fingerprint density at radius 3 is 2.57 bits per heavy atom. The summed E-state index contributed by atoms with van der Waals surface area (Å²) >= 11 is 0. The third kappa shape index (κ3) is 2.51. The number of aryl methyl sites for hydroxylation is 1. The van der Waals surface area contributed by atoms with Crippen LogP contribution >= 0.6 is 0 Å². The van der Waals surface area contributed by atoms with Gasteiger partial charge in [0.1, 0.15) is 6.54 Å². The van der Waals surface area contributed by atoms with Gasteiger partial charge in [0.25, 0.3) is 0 Å². The summed E-state index contributed by atoms with van der Waals surface area (Å²) < 4.78 is 1.58. The number of amidine groups is 1. The predicted octanol–water partition coefficient (Wildman–Crippen LogP) is 0.113. The Morgan fingerprint density at radius 2 is 2.14 bits per heavy atom. The van der Waals surface area contributed by atoms with Gasteiger partial charge in [0, 0.05) is 12.5 Å². The van der Waals surface area contributed by atoms with Crippen molar-refractivity contribution in [1.82, 2.24) is 20.2 Å². The SMILES string of the molecule is Cn1nnnc1CN=C(N)C(C)(C)C. The zero-order chi connectivity index (χ0) is 10.8. The van der Waals surface area contributed by atoms with Gasteiger partial charge in [-0.25, -0.2) is 4.68 Å². The lowest BCUT2D eigenvalue weighted by Crippen LogP contribution is -2.29. The molecule has 0 amide bonds. The molecule has 0 aromatic carbocycles. The second-order valence-corrected chi connectivity index (χ2v) is 4.17. The summed E-state index contributed by atoms with van der Waals surface area (Å²) in [4.78, 5) is 4.23. The van der Waals surface area contributed by atoms with Crippen molar-refractivity contribution in [1.29, 1.82) is 0 Å². The van der Waals surface area contributed by atoms with Crippen LogP contribution in [0.2, 0.25) is 0 Å². The highest BCUT2D eigenvalue weighted by atomic mass is 15.5. The second kappa shape index (κ2) is 3.73. The molecular weight excluding hydrogens is 180 g/mol. The molecule has 0 bridgehead atoms. The van der Waals surface area contributed by atoms with Gasteiger partial charge >= 0.3 is 0 Å². The highest BCUT2D eigenvalue weighted by Gasteiger charge is 2.15. The smallest absolute Gasteiger partial charge is 0.172 e. The molecule has 0 unspecified atom stereocenters. The van der Waals surface area contributed by atoms with Crippen LogP contribution < -0.4 is 5.73 Å². The van der Waals surface area contributed by atoms with Crippen molar-refractivity contribution < 1.29 is 0 Å². The monoisotopic (exact) mass is 196 g/mol. The van der Waals surface area contributed by atoms with Gasteiger partial charge < -0.3 is 5.73 Å². The Kier molecular flexibility index (Phi) is 2.83. The van der Waals surface area contributed by atoms with E-state index in [0.29, 0.717) is 18.2 Å². The van der Waals surface area contributed by atoms with Gasteiger partial charge in [-0.2, -0.15) is 0 Å². The van der Waals surface area contributed by atoms with Crippen LogP contribution in [0.4, 0.5) is 0 Å². The van der Waals surface area contributed by atoms with Crippen molar-refractivity contribution in [3.8, 4) is 0 Å². The lowest BCUT2D eigenvalue weighted by molar-refractivity contribution is 0.579. The van der Waals surface area contributed by atoms with E-state index in [1.165, 1.54) is 0 Å². The van der Waals surface area contributed by atoms with Crippen molar-refractivity contribution in [2.24, 2.45) is 23.2 Å². The number of rotatable bonds is 2. The zero-order valence-corrected chi connectivity index (χ0v) is 9.02. The summed E-state index contributed by atoms with van der Waals surface area (Å²) in [5.41, 5.74) is 5.68. The van der Waals surface area contributed by atoms with E-state index in [-0.39, 0.29) is 5.41 Å². The first-order valence-corrected chi connectivity index (χ1v) is 4.43. The summed E-state index contributed by atoms with van der Waals surface area (Å²) in [6.45, 7) is 6.47. The average Bonchev–Trinajstić information content (AvgIpc) is 2.45. The molecule has 14 heavy (non-hydrogen) atoms. The van der Waals surface area contributed by atoms with Crippen molar-refractivity contribution >= 4 is 5.84 Å². The number of aliphatic imine (C=N–C) groups is 1. The normalized spacial score (nSPS) is 13.3. The van der Waals surface area contributed by atoms with Gasteiger partial charge in [0.05, 0.1) is 5.84 Å². The minimum absolute atomic E-state index is 0.105. The van der Waals surface area contributed by atoms with Crippen LogP contribution in [-0.4, -0.2) is 26.0 Å². The Labute approximate surface area is 83.2 Å². The maximum Gasteiger partial charge on any atom is 0.172 e. The lowest BCUT2D eigenvalue weighted by Gasteiger charge is -2.16. The molecule has 78 valence electrons. The Balaban J connectivity index is 2.69. The van der Waals surface area contributed by atoms with Crippen LogP contribution in [0.25, 0.3) is 0 Å². The molecule has 1 heterocycles. The van der Waals surface area contributed by atoms with Gasteiger partial charge in [-0.1, -0.05) is 20.8 Å². The first-order chi connectivity index (χ1) is 6.41. The molecule has 0 aliphatic rings. The number of aromatic nitrogens is 4. The van der Waals surface area contributed by atoms with Crippen LogP contribution in [0.3, 0.4) is 0 Å². The van der Waals surface area contributed by atoms with Crippen LogP contribution in [-0.2, 0) is 13.6 Å². The molecule has 1 aromatic heterocycles. The van der Waals surface area contributed by atoms with Gasteiger partial charge in [-0.05, 0) is 10.4 Å². The summed E-state index contributed by atoms with van der Waals surface area (Å²) in [6, 6.07) is 0. The van der Waals surface area contributed by atoms with Crippen LogP contribution in [0, 0.1) is 5.41 Å². The molecule has 6 nitrogen and oxygen atoms in total. The fraction of sp³-hybridized carbons (Fsp3) is 0.750. The largest absolute Gasteiger partial charge is 0.387 e. The summed E-state index contributed by atoms with van der Waals surface area (Å²) in [5.74, 6) is 1.32. The Hall–Kier alpha value is -1.46. The fourth-order valence-corrected chi connectivity index (χ4v) is 0.775. The van der Waals surface area contributed by atoms with Crippen molar-refractivity contribution in [2.45, 2.75) is 27.3 Å². The summed E-state index contributed by atoms with van der Waals surface area (Å²) in [5, 5.41) is 11.0. The minimum atomic E-state index is -0.105. The number of nitrogens with two attached hydrogens (primary N) is 1. The average molecular weight is 196 g/mol. The van der Waals surface area contributed by atoms with Crippen molar-refractivity contribution in [3.05, 3.63) is 5.82 Å². The summed E-state index contributed by atoms with van der Waals surface area (Å²) in [6.07, 6.45) is 0. The van der Waals surface area contributed by atoms with E-state index in [1.807, 2.05) is 20.8 Å². The number of hydrogen-bond acceptors (Lipinski definition) is 4. The quantitative estimate of drug-likeness (QED) is 0.537. The molecule has 0 atom stereocenters. The number of nitrogens with zero attached hydrogens (tertiary/aromatic N) is 5. The molecule has 0 fully saturated rings. The zero-order valence-electron chi connectivity index (χ0n) is 9.02. The van der Waals surface area contributed by atoms with E-state index >= 15 is 0 Å². The van der Waals surface area contributed by atoms with E-state index in [0.717, 1.165) is 0 Å². The first-order valence-electron chi connectivity index (χ1n) is 4.43. The van der Waals surface area contributed by atoms with Gasteiger partial charge in [-0.15, -0.1) is 5.10 Å². The fourth-order valence-electron chi connectivity index (χ4n) is 0.775. The molecule has 2 N–H and O–H groups in total. The van der Waals surface area contributed by atoms with Crippen LogP contribution in [0.5, 0.6) is 0 Å². The maximum absolute atomic E-state index is 5.79. The van der Waals surface area contributed by atoms with Gasteiger partial charge in [0.15, 0.2) is 5.82 Å². The molecule has 0 aliphatic heterocycles. The number of tetrazole rings is 1. The van der Waals surface area contributed by atoms with Crippen molar-refractivity contribution in [2.75, 3.05) is 0 Å². The molecule has 1 aromatic rings. The molecule has 0 spiro atoms. The Bertz CT molecular complexity index is 332. The van der Waals surface area contributed by atoms with Gasteiger partial charge in [0.2, 0.25) is 0 Å². The summed E-state index contributed by atoms with van der Waals surface area (Å²) in [7, 11) is 1.78. The maximum atomic E-state index is 5.79. The minimum Gasteiger partial charge on any atom is -0.387 e. The topological polar surface area (TPSA) is 82.0 Å². The van der Waals surface area contributed by atoms with E-state index in [4.69, 9.17) is 5.73 Å². The van der Waals surface area contributed by atoms with E-state index < -0.39 is 0 Å². The molecular formula is C8H16N6. The highest BCUT2D eigenvalue weighted by Crippen LogP contribution is 2.12. The highest BCUT2D eigenvalue weighted by molar-refractivity contribution is 5.85. The third-order valence-corrected chi connectivity index (χ3v) is 1.87. The molecule has 0 saturated carbocycles. The molecule has 1 rings (SSSR count).